The Balaban J connectivity index is 1.69. The van der Waals surface area contributed by atoms with Crippen LogP contribution in [0.3, 0.4) is 0 Å². The van der Waals surface area contributed by atoms with Gasteiger partial charge in [0.15, 0.2) is 0 Å². The molecule has 6 nitrogen and oxygen atoms in total. The molecule has 3 N–H and O–H groups in total. The number of hydrogen-bond donors (Lipinski definition) is 3. The quantitative estimate of drug-likeness (QED) is 0.574. The molecule has 0 spiro atoms. The maximum Gasteiger partial charge on any atom is 0.247 e. The van der Waals surface area contributed by atoms with Crippen LogP contribution in [0.15, 0.2) is 36.4 Å². The van der Waals surface area contributed by atoms with Crippen molar-refractivity contribution in [3.63, 3.8) is 0 Å². The van der Waals surface area contributed by atoms with Crippen molar-refractivity contribution in [2.75, 3.05) is 13.1 Å². The summed E-state index contributed by atoms with van der Waals surface area (Å²) in [6, 6.07) is 9.90. The Morgan fingerprint density at radius 1 is 1.12 bits per heavy atom. The third-order valence-corrected chi connectivity index (χ3v) is 4.96. The Kier molecular flexibility index (Phi) is 4.97. The predicted molar refractivity (Wildman–Crippen MR) is 87.8 cm³/mol. The lowest BCUT2D eigenvalue weighted by Gasteiger charge is -2.34. The Labute approximate surface area is 140 Å². The fraction of sp³-hybridized carbons (Fsp3) is 0.444. The molecule has 1 aromatic rings. The number of nitrogens with zero attached hydrogens (tertiary/aromatic N) is 1. The lowest BCUT2D eigenvalue weighted by molar-refractivity contribution is -0.148. The molecule has 3 rings (SSSR count). The smallest absolute Gasteiger partial charge is 0.247 e. The zero-order valence-corrected chi connectivity index (χ0v) is 13.4. The molecule has 0 aromatic heterocycles. The van der Waals surface area contributed by atoms with Gasteiger partial charge in [0.05, 0.1) is 17.9 Å². The summed E-state index contributed by atoms with van der Waals surface area (Å²) < 4.78 is 0. The van der Waals surface area contributed by atoms with Gasteiger partial charge in [-0.2, -0.15) is 0 Å². The molecule has 1 heterocycles. The standard InChI is InChI=1S/C18H22N2O4/c21-14-6-7-15(16(10-14)17(22)19-24)18(23)20-9-8-13(11-20)12-4-2-1-3-5-12/h1-5,8,14-16,21,24H,6-7,9-11H2,(H,19,22)/t14-,15-,16-/m0/s1. The van der Waals surface area contributed by atoms with Crippen LogP contribution in [-0.2, 0) is 9.59 Å². The van der Waals surface area contributed by atoms with Gasteiger partial charge in [-0.15, -0.1) is 0 Å². The average molecular weight is 330 g/mol. The number of amides is 2. The van der Waals surface area contributed by atoms with Crippen molar-refractivity contribution in [2.45, 2.75) is 25.4 Å². The number of carbonyl (C=O) groups is 2. The summed E-state index contributed by atoms with van der Waals surface area (Å²) in [6.45, 7) is 1.05. The molecule has 2 aliphatic rings. The highest BCUT2D eigenvalue weighted by molar-refractivity contribution is 5.89. The normalized spacial score (nSPS) is 26.8. The van der Waals surface area contributed by atoms with E-state index in [1.807, 2.05) is 36.4 Å². The van der Waals surface area contributed by atoms with Crippen LogP contribution < -0.4 is 5.48 Å². The van der Waals surface area contributed by atoms with Crippen molar-refractivity contribution in [3.8, 4) is 0 Å². The largest absolute Gasteiger partial charge is 0.393 e. The number of hydroxylamine groups is 1. The molecule has 1 saturated carbocycles. The van der Waals surface area contributed by atoms with Gasteiger partial charge in [-0.3, -0.25) is 14.8 Å². The molecule has 1 aliphatic carbocycles. The first-order valence-corrected chi connectivity index (χ1v) is 8.25. The highest BCUT2D eigenvalue weighted by atomic mass is 16.5. The minimum absolute atomic E-state index is 0.0855. The summed E-state index contributed by atoms with van der Waals surface area (Å²) in [4.78, 5) is 26.5. The van der Waals surface area contributed by atoms with E-state index in [0.29, 0.717) is 25.9 Å². The lowest BCUT2D eigenvalue weighted by atomic mass is 9.76. The first-order valence-electron chi connectivity index (χ1n) is 8.25. The van der Waals surface area contributed by atoms with Crippen LogP contribution in [0.4, 0.5) is 0 Å². The van der Waals surface area contributed by atoms with Gasteiger partial charge in [0, 0.05) is 13.1 Å². The monoisotopic (exact) mass is 330 g/mol. The van der Waals surface area contributed by atoms with E-state index in [0.717, 1.165) is 11.1 Å². The number of hydrogen-bond acceptors (Lipinski definition) is 4. The van der Waals surface area contributed by atoms with Crippen molar-refractivity contribution >= 4 is 17.4 Å². The molecule has 0 bridgehead atoms. The number of aliphatic hydroxyl groups is 1. The molecule has 1 fully saturated rings. The van der Waals surface area contributed by atoms with Crippen LogP contribution in [0.2, 0.25) is 0 Å². The maximum absolute atomic E-state index is 12.9. The lowest BCUT2D eigenvalue weighted by Crippen LogP contribution is -2.46. The van der Waals surface area contributed by atoms with E-state index in [1.165, 1.54) is 0 Å². The highest BCUT2D eigenvalue weighted by Crippen LogP contribution is 2.33. The first kappa shape index (κ1) is 16.7. The Morgan fingerprint density at radius 2 is 1.88 bits per heavy atom. The summed E-state index contributed by atoms with van der Waals surface area (Å²) in [6.07, 6.45) is 2.59. The van der Waals surface area contributed by atoms with Crippen molar-refractivity contribution < 1.29 is 19.9 Å². The summed E-state index contributed by atoms with van der Waals surface area (Å²) in [7, 11) is 0. The average Bonchev–Trinajstić information content (AvgIpc) is 3.11. The second-order valence-electron chi connectivity index (χ2n) is 6.47. The molecule has 1 aromatic carbocycles. The minimum Gasteiger partial charge on any atom is -0.393 e. The maximum atomic E-state index is 12.9. The van der Waals surface area contributed by atoms with E-state index in [2.05, 4.69) is 0 Å². The third kappa shape index (κ3) is 3.34. The molecule has 6 heteroatoms. The third-order valence-electron chi connectivity index (χ3n) is 4.96. The predicted octanol–water partition coefficient (Wildman–Crippen LogP) is 1.19. The van der Waals surface area contributed by atoms with Gasteiger partial charge in [-0.1, -0.05) is 36.4 Å². The topological polar surface area (TPSA) is 89.9 Å². The number of rotatable bonds is 3. The molecule has 24 heavy (non-hydrogen) atoms. The van der Waals surface area contributed by atoms with Crippen LogP contribution in [0.25, 0.3) is 5.57 Å². The highest BCUT2D eigenvalue weighted by Gasteiger charge is 2.41. The number of nitrogens with one attached hydrogen (secondary N) is 1. The number of aliphatic hydroxyl groups excluding tert-OH is 1. The molecule has 1 aliphatic heterocycles. The number of benzene rings is 1. The van der Waals surface area contributed by atoms with E-state index in [-0.39, 0.29) is 12.3 Å². The molecule has 128 valence electrons. The van der Waals surface area contributed by atoms with E-state index < -0.39 is 23.8 Å². The van der Waals surface area contributed by atoms with E-state index in [9.17, 15) is 14.7 Å². The summed E-state index contributed by atoms with van der Waals surface area (Å²) in [5, 5.41) is 18.7. The van der Waals surface area contributed by atoms with Crippen LogP contribution in [0.1, 0.15) is 24.8 Å². The Morgan fingerprint density at radius 3 is 2.58 bits per heavy atom. The fourth-order valence-corrected chi connectivity index (χ4v) is 3.64. The fourth-order valence-electron chi connectivity index (χ4n) is 3.64. The second kappa shape index (κ2) is 7.15. The second-order valence-corrected chi connectivity index (χ2v) is 6.47. The summed E-state index contributed by atoms with van der Waals surface area (Å²) >= 11 is 0. The van der Waals surface area contributed by atoms with E-state index in [1.54, 1.807) is 10.4 Å². The molecular formula is C18H22N2O4. The van der Waals surface area contributed by atoms with Gasteiger partial charge in [0.1, 0.15) is 0 Å². The van der Waals surface area contributed by atoms with Gasteiger partial charge in [-0.25, -0.2) is 5.48 Å². The van der Waals surface area contributed by atoms with Crippen molar-refractivity contribution in [2.24, 2.45) is 11.8 Å². The molecule has 0 radical (unpaired) electrons. The molecular weight excluding hydrogens is 308 g/mol. The summed E-state index contributed by atoms with van der Waals surface area (Å²) in [5.41, 5.74) is 3.83. The van der Waals surface area contributed by atoms with Crippen molar-refractivity contribution in [1.29, 1.82) is 0 Å². The van der Waals surface area contributed by atoms with Crippen LogP contribution in [-0.4, -0.2) is 46.2 Å². The van der Waals surface area contributed by atoms with Gasteiger partial charge >= 0.3 is 0 Å². The molecule has 0 saturated heterocycles. The van der Waals surface area contributed by atoms with Crippen molar-refractivity contribution in [3.05, 3.63) is 42.0 Å². The zero-order valence-electron chi connectivity index (χ0n) is 13.4. The SMILES string of the molecule is O=C(NO)[C@H]1C[C@@H](O)CC[C@@H]1C(=O)N1CC=C(c2ccccc2)C1. The van der Waals surface area contributed by atoms with E-state index in [4.69, 9.17) is 5.21 Å². The number of carbonyl (C=O) groups excluding carboxylic acids is 2. The van der Waals surface area contributed by atoms with Crippen LogP contribution in [0.5, 0.6) is 0 Å². The zero-order chi connectivity index (χ0) is 17.1. The van der Waals surface area contributed by atoms with Gasteiger partial charge in [-0.05, 0) is 30.4 Å². The Bertz CT molecular complexity index is 644. The van der Waals surface area contributed by atoms with E-state index >= 15 is 0 Å². The van der Waals surface area contributed by atoms with Crippen molar-refractivity contribution in [1.82, 2.24) is 10.4 Å². The van der Waals surface area contributed by atoms with Crippen LogP contribution >= 0.6 is 0 Å². The van der Waals surface area contributed by atoms with Gasteiger partial charge in [0.2, 0.25) is 11.8 Å². The first-order chi connectivity index (χ1) is 11.6. The van der Waals surface area contributed by atoms with Gasteiger partial charge in [0.25, 0.3) is 0 Å². The molecule has 2 amide bonds. The Hall–Kier alpha value is -2.18. The minimum atomic E-state index is -0.688. The van der Waals surface area contributed by atoms with Gasteiger partial charge < -0.3 is 10.0 Å². The van der Waals surface area contributed by atoms with Crippen LogP contribution in [0, 0.1) is 11.8 Å². The molecule has 0 unspecified atom stereocenters. The summed E-state index contributed by atoms with van der Waals surface area (Å²) in [5.74, 6) is -1.86. The molecule has 3 atom stereocenters.